The minimum Gasteiger partial charge on any atom is -0.489 e. The number of piperidine rings is 1. The maximum absolute atomic E-state index is 12.6. The molecular formula is C26H29N3O4. The summed E-state index contributed by atoms with van der Waals surface area (Å²) < 4.78 is 5.96. The van der Waals surface area contributed by atoms with Gasteiger partial charge in [-0.3, -0.25) is 19.5 Å². The van der Waals surface area contributed by atoms with E-state index in [1.807, 2.05) is 42.2 Å². The molecule has 1 aliphatic rings. The highest BCUT2D eigenvalue weighted by molar-refractivity contribution is 5.94. The van der Waals surface area contributed by atoms with Gasteiger partial charge in [0.15, 0.2) is 0 Å². The van der Waals surface area contributed by atoms with Crippen molar-refractivity contribution in [1.82, 2.24) is 15.2 Å². The van der Waals surface area contributed by atoms with Crippen LogP contribution in [0.2, 0.25) is 0 Å². The van der Waals surface area contributed by atoms with Crippen molar-refractivity contribution >= 4 is 22.8 Å². The number of carboxylic acids is 1. The molecule has 1 atom stereocenters. The molecule has 1 fully saturated rings. The number of benzene rings is 2. The third-order valence-corrected chi connectivity index (χ3v) is 6.01. The smallest absolute Gasteiger partial charge is 0.322 e. The first-order valence-electron chi connectivity index (χ1n) is 11.3. The van der Waals surface area contributed by atoms with Gasteiger partial charge < -0.3 is 15.2 Å². The molecule has 2 heterocycles. The van der Waals surface area contributed by atoms with E-state index in [0.717, 1.165) is 54.5 Å². The summed E-state index contributed by atoms with van der Waals surface area (Å²) in [7, 11) is 0. The van der Waals surface area contributed by atoms with Crippen molar-refractivity contribution in [3.63, 3.8) is 0 Å². The number of carbonyl (C=O) groups is 2. The van der Waals surface area contributed by atoms with E-state index in [0.29, 0.717) is 17.9 Å². The summed E-state index contributed by atoms with van der Waals surface area (Å²) in [6.45, 7) is 3.95. The lowest BCUT2D eigenvalue weighted by Gasteiger charge is -2.31. The molecule has 0 saturated carbocycles. The number of aryl methyl sites for hydroxylation is 1. The van der Waals surface area contributed by atoms with Crippen molar-refractivity contribution in [2.45, 2.75) is 38.8 Å². The molecule has 0 bridgehead atoms. The summed E-state index contributed by atoms with van der Waals surface area (Å²) in [5, 5.41) is 13.4. The molecule has 3 aromatic rings. The van der Waals surface area contributed by atoms with Gasteiger partial charge in [-0.2, -0.15) is 0 Å². The number of likely N-dealkylation sites (tertiary alicyclic amines) is 1. The van der Waals surface area contributed by atoms with E-state index >= 15 is 0 Å². The summed E-state index contributed by atoms with van der Waals surface area (Å²) in [5.41, 5.74) is 3.39. The number of nitrogens with one attached hydrogen (secondary N) is 1. The van der Waals surface area contributed by atoms with E-state index in [1.165, 1.54) is 0 Å². The molecule has 1 saturated heterocycles. The Morgan fingerprint density at radius 3 is 2.55 bits per heavy atom. The lowest BCUT2D eigenvalue weighted by atomic mass is 10.1. The highest BCUT2D eigenvalue weighted by Gasteiger charge is 2.27. The van der Waals surface area contributed by atoms with Gasteiger partial charge in [-0.25, -0.2) is 0 Å². The molecule has 4 rings (SSSR count). The van der Waals surface area contributed by atoms with Gasteiger partial charge in [-0.1, -0.05) is 24.6 Å². The fraction of sp³-hybridized carbons (Fsp3) is 0.346. The Balaban J connectivity index is 1.35. The second-order valence-corrected chi connectivity index (χ2v) is 8.41. The van der Waals surface area contributed by atoms with E-state index in [9.17, 15) is 14.7 Å². The number of ether oxygens (including phenoxy) is 1. The van der Waals surface area contributed by atoms with Gasteiger partial charge >= 0.3 is 5.97 Å². The number of nitrogens with zero attached hydrogens (tertiary/aromatic N) is 2. The summed E-state index contributed by atoms with van der Waals surface area (Å²) in [6, 6.07) is 16.2. The number of hydrogen-bond acceptors (Lipinski definition) is 5. The number of carboxylic acid groups (broad SMARTS) is 1. The first-order chi connectivity index (χ1) is 16.0. The van der Waals surface area contributed by atoms with E-state index in [2.05, 4.69) is 10.3 Å². The number of fused-ring (bicyclic) bond motifs is 1. The Morgan fingerprint density at radius 1 is 1.09 bits per heavy atom. The topological polar surface area (TPSA) is 91.8 Å². The van der Waals surface area contributed by atoms with Crippen LogP contribution in [-0.2, 0) is 11.4 Å². The largest absolute Gasteiger partial charge is 0.489 e. The van der Waals surface area contributed by atoms with Crippen LogP contribution < -0.4 is 10.1 Å². The average Bonchev–Trinajstić information content (AvgIpc) is 2.83. The number of aromatic nitrogens is 1. The summed E-state index contributed by atoms with van der Waals surface area (Å²) in [5.74, 6) is -0.540. The van der Waals surface area contributed by atoms with Crippen LogP contribution in [0.15, 0.2) is 54.6 Å². The van der Waals surface area contributed by atoms with Crippen LogP contribution >= 0.6 is 0 Å². The van der Waals surface area contributed by atoms with Gasteiger partial charge in [0.05, 0.1) is 5.52 Å². The number of amides is 1. The van der Waals surface area contributed by atoms with Gasteiger partial charge in [-0.15, -0.1) is 0 Å². The molecule has 7 nitrogen and oxygen atoms in total. The number of rotatable bonds is 8. The van der Waals surface area contributed by atoms with Crippen LogP contribution in [0.4, 0.5) is 0 Å². The predicted molar refractivity (Wildman–Crippen MR) is 126 cm³/mol. The number of carbonyl (C=O) groups excluding carboxylic acids is 1. The zero-order valence-corrected chi connectivity index (χ0v) is 18.8. The summed E-state index contributed by atoms with van der Waals surface area (Å²) >= 11 is 0. The van der Waals surface area contributed by atoms with Gasteiger partial charge in [0, 0.05) is 28.8 Å². The molecule has 33 heavy (non-hydrogen) atoms. The molecular weight excluding hydrogens is 418 g/mol. The predicted octanol–water partition coefficient (Wildman–Crippen LogP) is 3.79. The van der Waals surface area contributed by atoms with Crippen molar-refractivity contribution in [2.75, 3.05) is 19.6 Å². The fourth-order valence-electron chi connectivity index (χ4n) is 4.27. The summed E-state index contributed by atoms with van der Waals surface area (Å²) in [6.07, 6.45) is 3.11. The van der Waals surface area contributed by atoms with Gasteiger partial charge in [0.2, 0.25) is 0 Å². The molecule has 1 unspecified atom stereocenters. The molecule has 0 radical (unpaired) electrons. The Morgan fingerprint density at radius 2 is 1.82 bits per heavy atom. The lowest BCUT2D eigenvalue weighted by Crippen LogP contribution is -2.50. The third-order valence-electron chi connectivity index (χ3n) is 6.01. The van der Waals surface area contributed by atoms with Crippen LogP contribution in [0.25, 0.3) is 10.9 Å². The molecule has 0 spiro atoms. The fourth-order valence-corrected chi connectivity index (χ4v) is 4.27. The van der Waals surface area contributed by atoms with Crippen molar-refractivity contribution in [3.8, 4) is 5.75 Å². The number of para-hydroxylation sites is 1. The Kier molecular flexibility index (Phi) is 7.19. The molecule has 1 amide bonds. The quantitative estimate of drug-likeness (QED) is 0.546. The monoisotopic (exact) mass is 447 g/mol. The van der Waals surface area contributed by atoms with Gasteiger partial charge in [0.1, 0.15) is 18.4 Å². The van der Waals surface area contributed by atoms with Crippen molar-refractivity contribution in [1.29, 1.82) is 0 Å². The normalized spacial score (nSPS) is 15.2. The standard InChI is InChI=1S/C26H29N3O4/c1-18-15-20(22-7-3-4-8-23(22)28-18)17-33-21-11-9-19(10-12-21)25(30)27-16-24(26(31)32)29-13-5-2-6-14-29/h3-4,7-12,15,24H,2,5-6,13-14,16-17H2,1H3,(H,27,30)(H,31,32). The van der Waals surface area contributed by atoms with Crippen molar-refractivity contribution in [3.05, 3.63) is 71.4 Å². The summed E-state index contributed by atoms with van der Waals surface area (Å²) in [4.78, 5) is 30.7. The second-order valence-electron chi connectivity index (χ2n) is 8.41. The molecule has 7 heteroatoms. The van der Waals surface area contributed by atoms with Crippen molar-refractivity contribution < 1.29 is 19.4 Å². The zero-order valence-electron chi connectivity index (χ0n) is 18.8. The van der Waals surface area contributed by atoms with Gasteiger partial charge in [0.25, 0.3) is 5.91 Å². The Hall–Kier alpha value is -3.45. The first-order valence-corrected chi connectivity index (χ1v) is 11.3. The zero-order chi connectivity index (χ0) is 23.2. The van der Waals surface area contributed by atoms with Gasteiger partial charge in [-0.05, 0) is 69.3 Å². The maximum atomic E-state index is 12.6. The van der Waals surface area contributed by atoms with E-state index < -0.39 is 12.0 Å². The Labute approximate surface area is 193 Å². The van der Waals surface area contributed by atoms with Crippen LogP contribution in [0, 0.1) is 6.92 Å². The minimum atomic E-state index is -0.903. The third kappa shape index (κ3) is 5.68. The highest BCUT2D eigenvalue weighted by atomic mass is 16.5. The number of hydrogen-bond donors (Lipinski definition) is 2. The lowest BCUT2D eigenvalue weighted by molar-refractivity contribution is -0.143. The maximum Gasteiger partial charge on any atom is 0.322 e. The molecule has 172 valence electrons. The first kappa shape index (κ1) is 22.7. The Bertz CT molecular complexity index is 1120. The second kappa shape index (κ2) is 10.4. The molecule has 2 N–H and O–H groups in total. The van der Waals surface area contributed by atoms with E-state index in [4.69, 9.17) is 4.74 Å². The molecule has 2 aromatic carbocycles. The average molecular weight is 448 g/mol. The van der Waals surface area contributed by atoms with Crippen LogP contribution in [0.1, 0.15) is 40.9 Å². The number of pyridine rings is 1. The minimum absolute atomic E-state index is 0.0842. The van der Waals surface area contributed by atoms with Crippen LogP contribution in [0.3, 0.4) is 0 Å². The van der Waals surface area contributed by atoms with Crippen LogP contribution in [0.5, 0.6) is 5.75 Å². The molecule has 1 aromatic heterocycles. The number of aliphatic carboxylic acids is 1. The molecule has 0 aliphatic carbocycles. The SMILES string of the molecule is Cc1cc(COc2ccc(C(=O)NCC(C(=O)O)N3CCCCC3)cc2)c2ccccc2n1. The van der Waals surface area contributed by atoms with E-state index in [-0.39, 0.29) is 12.5 Å². The molecule has 1 aliphatic heterocycles. The van der Waals surface area contributed by atoms with Crippen LogP contribution in [-0.4, -0.2) is 52.5 Å². The van der Waals surface area contributed by atoms with E-state index in [1.54, 1.807) is 24.3 Å². The highest BCUT2D eigenvalue weighted by Crippen LogP contribution is 2.21. The van der Waals surface area contributed by atoms with Crippen molar-refractivity contribution in [2.24, 2.45) is 0 Å².